The number of fused-ring (bicyclic) bond motifs is 1. The van der Waals surface area contributed by atoms with Crippen LogP contribution < -0.4 is 5.73 Å². The average Bonchev–Trinajstić information content (AvgIpc) is 2.85. The van der Waals surface area contributed by atoms with Gasteiger partial charge in [-0.3, -0.25) is 5.10 Å². The van der Waals surface area contributed by atoms with E-state index in [4.69, 9.17) is 5.73 Å². The molecule has 0 bridgehead atoms. The van der Waals surface area contributed by atoms with E-state index in [2.05, 4.69) is 10.2 Å². The molecule has 2 heterocycles. The third-order valence-corrected chi connectivity index (χ3v) is 3.34. The van der Waals surface area contributed by atoms with Crippen molar-refractivity contribution in [2.45, 2.75) is 6.92 Å². The second-order valence-electron chi connectivity index (χ2n) is 4.43. The molecule has 5 nitrogen and oxygen atoms in total. The summed E-state index contributed by atoms with van der Waals surface area (Å²) in [6.45, 7) is 2.03. The average molecular weight is 242 g/mol. The molecule has 0 saturated heterocycles. The van der Waals surface area contributed by atoms with Gasteiger partial charge in [0.15, 0.2) is 0 Å². The first-order chi connectivity index (χ1) is 8.58. The first-order valence-corrected chi connectivity index (χ1v) is 5.67. The molecule has 5 heteroatoms. The number of aryl methyl sites for hydroxylation is 1. The van der Waals surface area contributed by atoms with Gasteiger partial charge in [-0.05, 0) is 19.1 Å². The Hall–Kier alpha value is -2.43. The van der Waals surface area contributed by atoms with Crippen LogP contribution in [0.2, 0.25) is 0 Å². The minimum atomic E-state index is 0.263. The third-order valence-electron chi connectivity index (χ3n) is 3.34. The zero-order chi connectivity index (χ0) is 12.9. The molecule has 0 atom stereocenters. The Morgan fingerprint density at radius 2 is 2.11 bits per heavy atom. The minimum absolute atomic E-state index is 0.263. The molecule has 0 aliphatic carbocycles. The molecule has 4 N–H and O–H groups in total. The van der Waals surface area contributed by atoms with Gasteiger partial charge in [-0.2, -0.15) is 5.10 Å². The lowest BCUT2D eigenvalue weighted by Crippen LogP contribution is -1.90. The number of aromatic amines is 1. The second kappa shape index (κ2) is 3.53. The molecule has 18 heavy (non-hydrogen) atoms. The summed E-state index contributed by atoms with van der Waals surface area (Å²) in [5.74, 6) is 0.735. The Bertz CT molecular complexity index is 739. The van der Waals surface area contributed by atoms with E-state index in [0.29, 0.717) is 5.82 Å². The number of nitrogen functional groups attached to an aromatic ring is 1. The van der Waals surface area contributed by atoms with Crippen LogP contribution in [0.25, 0.3) is 22.2 Å². The van der Waals surface area contributed by atoms with Crippen LogP contribution in [-0.4, -0.2) is 19.9 Å². The van der Waals surface area contributed by atoms with Crippen molar-refractivity contribution in [1.82, 2.24) is 14.8 Å². The van der Waals surface area contributed by atoms with Gasteiger partial charge in [0, 0.05) is 35.8 Å². The lowest BCUT2D eigenvalue weighted by Gasteiger charge is -1.99. The lowest BCUT2D eigenvalue weighted by atomic mass is 10.1. The van der Waals surface area contributed by atoms with Crippen LogP contribution >= 0.6 is 0 Å². The van der Waals surface area contributed by atoms with Crippen molar-refractivity contribution >= 4 is 16.7 Å². The molecule has 1 aromatic carbocycles. The Kier molecular flexibility index (Phi) is 2.10. The number of rotatable bonds is 1. The van der Waals surface area contributed by atoms with Gasteiger partial charge in [0.1, 0.15) is 11.6 Å². The molecule has 2 aromatic heterocycles. The van der Waals surface area contributed by atoms with Gasteiger partial charge >= 0.3 is 0 Å². The topological polar surface area (TPSA) is 79.9 Å². The van der Waals surface area contributed by atoms with Crippen LogP contribution in [0.5, 0.6) is 5.75 Å². The van der Waals surface area contributed by atoms with E-state index in [1.54, 1.807) is 12.1 Å². The highest BCUT2D eigenvalue weighted by Crippen LogP contribution is 2.34. The Balaban J connectivity index is 2.39. The van der Waals surface area contributed by atoms with Crippen molar-refractivity contribution in [3.63, 3.8) is 0 Å². The zero-order valence-corrected chi connectivity index (χ0v) is 10.2. The predicted octanol–water partition coefficient (Wildman–Crippen LogP) is 2.16. The molecule has 0 unspecified atom stereocenters. The number of benzene rings is 1. The van der Waals surface area contributed by atoms with Crippen LogP contribution in [0.1, 0.15) is 5.69 Å². The largest absolute Gasteiger partial charge is 0.508 e. The van der Waals surface area contributed by atoms with Crippen molar-refractivity contribution in [1.29, 1.82) is 0 Å². The first-order valence-electron chi connectivity index (χ1n) is 5.67. The highest BCUT2D eigenvalue weighted by molar-refractivity contribution is 5.98. The molecule has 0 fully saturated rings. The van der Waals surface area contributed by atoms with Crippen LogP contribution in [-0.2, 0) is 7.05 Å². The van der Waals surface area contributed by atoms with Gasteiger partial charge in [0.05, 0.1) is 11.2 Å². The van der Waals surface area contributed by atoms with Crippen molar-refractivity contribution in [3.8, 4) is 17.0 Å². The van der Waals surface area contributed by atoms with Gasteiger partial charge in [0.25, 0.3) is 0 Å². The molecule has 3 aromatic rings. The molecular weight excluding hydrogens is 228 g/mol. The summed E-state index contributed by atoms with van der Waals surface area (Å²) in [6, 6.07) is 7.16. The molecular formula is C13H14N4O. The minimum Gasteiger partial charge on any atom is -0.508 e. The summed E-state index contributed by atoms with van der Waals surface area (Å²) in [4.78, 5) is 0. The molecule has 0 radical (unpaired) electrons. The summed E-state index contributed by atoms with van der Waals surface area (Å²) < 4.78 is 2.04. The second-order valence-corrected chi connectivity index (χ2v) is 4.43. The van der Waals surface area contributed by atoms with Gasteiger partial charge < -0.3 is 15.4 Å². The number of hydrogen-bond acceptors (Lipinski definition) is 3. The number of aromatic nitrogens is 3. The van der Waals surface area contributed by atoms with Crippen LogP contribution in [0, 0.1) is 6.92 Å². The highest BCUT2D eigenvalue weighted by atomic mass is 16.3. The maximum atomic E-state index is 9.58. The van der Waals surface area contributed by atoms with Gasteiger partial charge in [-0.15, -0.1) is 0 Å². The normalized spacial score (nSPS) is 11.2. The fourth-order valence-corrected chi connectivity index (χ4v) is 2.36. The first kappa shape index (κ1) is 10.7. The fraction of sp³-hybridized carbons (Fsp3) is 0.154. The SMILES string of the molecule is Cc1c(-c2cc(N)n[nH]2)c2ccc(O)cc2n1C. The lowest BCUT2D eigenvalue weighted by molar-refractivity contribution is 0.476. The summed E-state index contributed by atoms with van der Waals surface area (Å²) >= 11 is 0. The standard InChI is InChI=1S/C13H14N4O/c1-7-13(10-6-12(14)16-15-10)9-4-3-8(18)5-11(9)17(7)2/h3-6,18H,1-2H3,(H3,14,15,16). The van der Waals surface area contributed by atoms with E-state index in [-0.39, 0.29) is 5.75 Å². The Labute approximate surface area is 104 Å². The number of aromatic hydroxyl groups is 1. The van der Waals surface area contributed by atoms with E-state index in [0.717, 1.165) is 27.9 Å². The predicted molar refractivity (Wildman–Crippen MR) is 71.3 cm³/mol. The number of phenols is 1. The number of nitrogens with one attached hydrogen (secondary N) is 1. The quantitative estimate of drug-likeness (QED) is 0.611. The van der Waals surface area contributed by atoms with E-state index >= 15 is 0 Å². The number of phenolic OH excluding ortho intramolecular Hbond substituents is 1. The van der Waals surface area contributed by atoms with Crippen molar-refractivity contribution in [2.75, 3.05) is 5.73 Å². The van der Waals surface area contributed by atoms with E-state index in [1.165, 1.54) is 0 Å². The Morgan fingerprint density at radius 3 is 2.78 bits per heavy atom. The van der Waals surface area contributed by atoms with Gasteiger partial charge in [-0.25, -0.2) is 0 Å². The molecule has 0 aliphatic heterocycles. The highest BCUT2D eigenvalue weighted by Gasteiger charge is 2.15. The van der Waals surface area contributed by atoms with E-state index in [1.807, 2.05) is 30.7 Å². The van der Waals surface area contributed by atoms with Crippen LogP contribution in [0.15, 0.2) is 24.3 Å². The molecule has 92 valence electrons. The van der Waals surface area contributed by atoms with Crippen LogP contribution in [0.3, 0.4) is 0 Å². The Morgan fingerprint density at radius 1 is 1.33 bits per heavy atom. The number of hydrogen-bond donors (Lipinski definition) is 3. The van der Waals surface area contributed by atoms with Crippen molar-refractivity contribution in [2.24, 2.45) is 7.05 Å². The van der Waals surface area contributed by atoms with Crippen molar-refractivity contribution in [3.05, 3.63) is 30.0 Å². The molecule has 0 spiro atoms. The summed E-state index contributed by atoms with van der Waals surface area (Å²) in [6.07, 6.45) is 0. The maximum absolute atomic E-state index is 9.58. The monoisotopic (exact) mass is 242 g/mol. The maximum Gasteiger partial charge on any atom is 0.145 e. The molecule has 0 amide bonds. The number of nitrogens with two attached hydrogens (primary N) is 1. The molecule has 0 aliphatic rings. The number of anilines is 1. The summed E-state index contributed by atoms with van der Waals surface area (Å²) in [7, 11) is 1.97. The van der Waals surface area contributed by atoms with Gasteiger partial charge in [-0.1, -0.05) is 0 Å². The van der Waals surface area contributed by atoms with Crippen molar-refractivity contribution < 1.29 is 5.11 Å². The molecule has 0 saturated carbocycles. The van der Waals surface area contributed by atoms with E-state index in [9.17, 15) is 5.11 Å². The van der Waals surface area contributed by atoms with E-state index < -0.39 is 0 Å². The number of H-pyrrole nitrogens is 1. The molecule has 3 rings (SSSR count). The third kappa shape index (κ3) is 1.37. The van der Waals surface area contributed by atoms with Crippen LogP contribution in [0.4, 0.5) is 5.82 Å². The van der Waals surface area contributed by atoms with Gasteiger partial charge in [0.2, 0.25) is 0 Å². The smallest absolute Gasteiger partial charge is 0.145 e. The fourth-order valence-electron chi connectivity index (χ4n) is 2.36. The number of nitrogens with zero attached hydrogens (tertiary/aromatic N) is 2. The summed E-state index contributed by atoms with van der Waals surface area (Å²) in [5.41, 5.74) is 9.69. The zero-order valence-electron chi connectivity index (χ0n) is 10.2. The summed E-state index contributed by atoms with van der Waals surface area (Å²) in [5, 5.41) is 17.5.